The number of hydrogen-bond acceptors (Lipinski definition) is 2. The van der Waals surface area contributed by atoms with Crippen molar-refractivity contribution < 1.29 is 19.1 Å². The Labute approximate surface area is 106 Å². The van der Waals surface area contributed by atoms with Gasteiger partial charge in [0.1, 0.15) is 5.82 Å². The average Bonchev–Trinajstić information content (AvgIpc) is 2.23. The fourth-order valence-electron chi connectivity index (χ4n) is 1.21. The predicted molar refractivity (Wildman–Crippen MR) is 64.3 cm³/mol. The zero-order valence-electron chi connectivity index (χ0n) is 9.09. The number of hydrogen-bond donors (Lipinski definition) is 2. The van der Waals surface area contributed by atoms with E-state index in [1.165, 1.54) is 6.07 Å². The number of aryl methyl sites for hydroxylation is 1. The first kappa shape index (κ1) is 13.6. The van der Waals surface area contributed by atoms with Crippen molar-refractivity contribution in [2.75, 3.05) is 5.32 Å². The molecule has 1 rings (SSSR count). The fraction of sp³-hybridized carbons (Fsp3) is 0.273. The Kier molecular flexibility index (Phi) is 4.62. The minimum atomic E-state index is -1.04. The molecule has 0 radical (unpaired) electrons. The van der Waals surface area contributed by atoms with Crippen LogP contribution in [-0.4, -0.2) is 17.0 Å². The van der Waals surface area contributed by atoms with E-state index in [2.05, 4.69) is 21.2 Å². The second-order valence-electron chi connectivity index (χ2n) is 3.52. The van der Waals surface area contributed by atoms with Crippen molar-refractivity contribution in [2.45, 2.75) is 19.8 Å². The van der Waals surface area contributed by atoms with Crippen LogP contribution in [-0.2, 0) is 9.59 Å². The van der Waals surface area contributed by atoms with E-state index in [0.717, 1.165) is 0 Å². The van der Waals surface area contributed by atoms with Crippen LogP contribution in [0.2, 0.25) is 0 Å². The highest BCUT2D eigenvalue weighted by Gasteiger charge is 2.09. The Morgan fingerprint density at radius 2 is 2.06 bits per heavy atom. The van der Waals surface area contributed by atoms with Gasteiger partial charge in [-0.25, -0.2) is 4.39 Å². The second kappa shape index (κ2) is 5.77. The largest absolute Gasteiger partial charge is 0.481 e. The molecule has 0 unspecified atom stereocenters. The van der Waals surface area contributed by atoms with Gasteiger partial charge in [0.05, 0.1) is 10.9 Å². The molecule has 4 nitrogen and oxygen atoms in total. The third-order valence-electron chi connectivity index (χ3n) is 2.11. The molecule has 0 aliphatic rings. The molecule has 92 valence electrons. The number of anilines is 1. The summed E-state index contributed by atoms with van der Waals surface area (Å²) in [6.07, 6.45) is -0.379. The van der Waals surface area contributed by atoms with Gasteiger partial charge >= 0.3 is 5.97 Å². The molecule has 0 saturated heterocycles. The summed E-state index contributed by atoms with van der Waals surface area (Å²) in [5, 5.41) is 10.9. The number of halogens is 2. The van der Waals surface area contributed by atoms with Gasteiger partial charge in [-0.3, -0.25) is 9.59 Å². The molecule has 0 bridgehead atoms. The van der Waals surface area contributed by atoms with Crippen LogP contribution < -0.4 is 5.32 Å². The zero-order valence-corrected chi connectivity index (χ0v) is 10.7. The minimum absolute atomic E-state index is 0.132. The molecule has 0 fully saturated rings. The first-order valence-electron chi connectivity index (χ1n) is 4.87. The highest BCUT2D eigenvalue weighted by atomic mass is 79.9. The first-order chi connectivity index (χ1) is 7.90. The van der Waals surface area contributed by atoms with Crippen molar-refractivity contribution in [3.8, 4) is 0 Å². The maximum absolute atomic E-state index is 13.2. The van der Waals surface area contributed by atoms with Gasteiger partial charge in [0.2, 0.25) is 5.91 Å². The van der Waals surface area contributed by atoms with Crippen molar-refractivity contribution >= 4 is 33.5 Å². The molecule has 0 spiro atoms. The highest BCUT2D eigenvalue weighted by molar-refractivity contribution is 9.10. The molecule has 0 aliphatic carbocycles. The summed E-state index contributed by atoms with van der Waals surface area (Å²) in [5.41, 5.74) is 1.04. The lowest BCUT2D eigenvalue weighted by molar-refractivity contribution is -0.138. The molecule has 0 heterocycles. The second-order valence-corrected chi connectivity index (χ2v) is 4.38. The number of nitrogens with one attached hydrogen (secondary N) is 1. The number of carboxylic acids is 1. The van der Waals surface area contributed by atoms with Crippen molar-refractivity contribution in [1.29, 1.82) is 0 Å². The number of rotatable bonds is 4. The van der Waals surface area contributed by atoms with Crippen molar-refractivity contribution in [1.82, 2.24) is 0 Å². The smallest absolute Gasteiger partial charge is 0.303 e. The van der Waals surface area contributed by atoms with E-state index in [-0.39, 0.29) is 12.8 Å². The van der Waals surface area contributed by atoms with Crippen LogP contribution in [0.1, 0.15) is 18.4 Å². The van der Waals surface area contributed by atoms with Gasteiger partial charge in [-0.15, -0.1) is 0 Å². The molecular weight excluding hydrogens is 293 g/mol. The number of aliphatic carboxylic acids is 1. The number of carboxylic acid groups (broad SMARTS) is 1. The summed E-state index contributed by atoms with van der Waals surface area (Å²) in [4.78, 5) is 21.6. The van der Waals surface area contributed by atoms with Gasteiger partial charge in [-0.2, -0.15) is 0 Å². The molecule has 2 N–H and O–H groups in total. The SMILES string of the molecule is Cc1cc(Br)c(F)cc1NC(=O)CCC(=O)O. The molecule has 0 saturated carbocycles. The number of carbonyl (C=O) groups is 2. The number of benzene rings is 1. The van der Waals surface area contributed by atoms with Crippen molar-refractivity contribution in [2.24, 2.45) is 0 Å². The van der Waals surface area contributed by atoms with E-state index in [0.29, 0.717) is 15.7 Å². The van der Waals surface area contributed by atoms with Gasteiger partial charge in [-0.05, 0) is 40.5 Å². The third kappa shape index (κ3) is 4.14. The monoisotopic (exact) mass is 303 g/mol. The molecule has 0 aromatic heterocycles. The Hall–Kier alpha value is -1.43. The van der Waals surface area contributed by atoms with E-state index >= 15 is 0 Å². The number of carbonyl (C=O) groups excluding carboxylic acids is 1. The predicted octanol–water partition coefficient (Wildman–Crippen LogP) is 2.70. The molecule has 6 heteroatoms. The van der Waals surface area contributed by atoms with Gasteiger partial charge in [0, 0.05) is 12.1 Å². The molecule has 17 heavy (non-hydrogen) atoms. The van der Waals surface area contributed by atoms with Crippen LogP contribution in [0.4, 0.5) is 10.1 Å². The van der Waals surface area contributed by atoms with Crippen molar-refractivity contribution in [3.05, 3.63) is 28.0 Å². The third-order valence-corrected chi connectivity index (χ3v) is 2.72. The molecule has 1 amide bonds. The summed E-state index contributed by atoms with van der Waals surface area (Å²) < 4.78 is 13.5. The van der Waals surface area contributed by atoms with E-state index in [9.17, 15) is 14.0 Å². The summed E-state index contributed by atoms with van der Waals surface area (Å²) in [6.45, 7) is 1.72. The molecule has 1 aromatic rings. The van der Waals surface area contributed by atoms with Gasteiger partial charge in [0.25, 0.3) is 0 Å². The lowest BCUT2D eigenvalue weighted by atomic mass is 10.2. The summed E-state index contributed by atoms with van der Waals surface area (Å²) in [5.74, 6) is -1.97. The lowest BCUT2D eigenvalue weighted by Gasteiger charge is -2.08. The quantitative estimate of drug-likeness (QED) is 0.899. The standard InChI is InChI=1S/C11H11BrFNO3/c1-6-4-7(12)8(13)5-9(6)14-10(15)2-3-11(16)17/h4-5H,2-3H2,1H3,(H,14,15)(H,16,17). The molecule has 1 aromatic carbocycles. The normalized spacial score (nSPS) is 10.1. The Bertz CT molecular complexity index is 462. The van der Waals surface area contributed by atoms with Crippen LogP contribution in [0.3, 0.4) is 0 Å². The van der Waals surface area contributed by atoms with Crippen molar-refractivity contribution in [3.63, 3.8) is 0 Å². The summed E-state index contributed by atoms with van der Waals surface area (Å²) in [6, 6.07) is 2.74. The lowest BCUT2D eigenvalue weighted by Crippen LogP contribution is -2.14. The highest BCUT2D eigenvalue weighted by Crippen LogP contribution is 2.24. The molecule has 0 atom stereocenters. The molecular formula is C11H11BrFNO3. The maximum atomic E-state index is 13.2. The van der Waals surface area contributed by atoms with Gasteiger partial charge in [-0.1, -0.05) is 0 Å². The van der Waals surface area contributed by atoms with Crippen LogP contribution in [0.15, 0.2) is 16.6 Å². The van der Waals surface area contributed by atoms with E-state index in [4.69, 9.17) is 5.11 Å². The van der Waals surface area contributed by atoms with E-state index in [1.807, 2.05) is 0 Å². The van der Waals surface area contributed by atoms with Crippen LogP contribution in [0.25, 0.3) is 0 Å². The molecule has 0 aliphatic heterocycles. The van der Waals surface area contributed by atoms with Gasteiger partial charge in [0.15, 0.2) is 0 Å². The van der Waals surface area contributed by atoms with Crippen LogP contribution in [0.5, 0.6) is 0 Å². The fourth-order valence-corrected chi connectivity index (χ4v) is 1.67. The zero-order chi connectivity index (χ0) is 13.0. The Balaban J connectivity index is 2.71. The minimum Gasteiger partial charge on any atom is -0.481 e. The van der Waals surface area contributed by atoms with E-state index in [1.54, 1.807) is 13.0 Å². The van der Waals surface area contributed by atoms with Gasteiger partial charge < -0.3 is 10.4 Å². The van der Waals surface area contributed by atoms with Crippen LogP contribution >= 0.6 is 15.9 Å². The van der Waals surface area contributed by atoms with E-state index < -0.39 is 17.7 Å². The topological polar surface area (TPSA) is 66.4 Å². The average molecular weight is 304 g/mol. The Morgan fingerprint density at radius 3 is 2.65 bits per heavy atom. The maximum Gasteiger partial charge on any atom is 0.303 e. The first-order valence-corrected chi connectivity index (χ1v) is 5.66. The van der Waals surface area contributed by atoms with Crippen LogP contribution in [0, 0.1) is 12.7 Å². The number of amides is 1. The Morgan fingerprint density at radius 1 is 1.41 bits per heavy atom. The summed E-state index contributed by atoms with van der Waals surface area (Å²) in [7, 11) is 0. The summed E-state index contributed by atoms with van der Waals surface area (Å²) >= 11 is 3.03.